The third-order valence-electron chi connectivity index (χ3n) is 3.08. The summed E-state index contributed by atoms with van der Waals surface area (Å²) in [6.07, 6.45) is 1.52. The second kappa shape index (κ2) is 6.21. The summed E-state index contributed by atoms with van der Waals surface area (Å²) in [5.74, 6) is -0.860. The number of phenols is 1. The number of carboxylic acids is 1. The second-order valence-corrected chi connectivity index (χ2v) is 4.76. The molecule has 0 aromatic heterocycles. The van der Waals surface area contributed by atoms with Crippen LogP contribution in [0.1, 0.15) is 16.7 Å². The molecule has 1 aliphatic rings. The van der Waals surface area contributed by atoms with Gasteiger partial charge in [-0.05, 0) is 41.7 Å². The van der Waals surface area contributed by atoms with E-state index in [0.717, 1.165) is 5.56 Å². The molecule has 0 bridgehead atoms. The molecule has 1 aliphatic carbocycles. The maximum atomic E-state index is 10.4. The molecule has 0 saturated carbocycles. The number of fused-ring (bicyclic) bond motifs is 1. The number of carboxylic acid groups (broad SMARTS) is 1. The van der Waals surface area contributed by atoms with Gasteiger partial charge in [0.15, 0.2) is 0 Å². The molecule has 0 spiro atoms. The van der Waals surface area contributed by atoms with E-state index in [1.165, 1.54) is 29.7 Å². The summed E-state index contributed by atoms with van der Waals surface area (Å²) in [5.41, 5.74) is 9.18. The molecule has 4 nitrogen and oxygen atoms in total. The lowest BCUT2D eigenvalue weighted by molar-refractivity contribution is -0.138. The van der Waals surface area contributed by atoms with Crippen LogP contribution >= 0.6 is 0 Å². The molecule has 104 valence electrons. The minimum atomic E-state index is -1.02. The normalized spacial score (nSPS) is 12.7. The van der Waals surface area contributed by atoms with Gasteiger partial charge in [-0.1, -0.05) is 36.4 Å². The largest absolute Gasteiger partial charge is 0.508 e. The SMILES string of the molecule is N[C@H](Cc1ccc(O)cc1)C(=O)O.c1ccc2c(c1)C2. The maximum absolute atomic E-state index is 10.4. The van der Waals surface area contributed by atoms with Crippen molar-refractivity contribution in [1.29, 1.82) is 0 Å². The Kier molecular flexibility index (Phi) is 4.38. The molecule has 0 heterocycles. The third kappa shape index (κ3) is 4.10. The first-order valence-electron chi connectivity index (χ1n) is 6.39. The minimum Gasteiger partial charge on any atom is -0.508 e. The highest BCUT2D eigenvalue weighted by atomic mass is 16.4. The predicted molar refractivity (Wildman–Crippen MR) is 76.7 cm³/mol. The minimum absolute atomic E-state index is 0.160. The number of aromatic hydroxyl groups is 1. The zero-order chi connectivity index (χ0) is 14.5. The average molecular weight is 271 g/mol. The molecule has 2 aromatic carbocycles. The summed E-state index contributed by atoms with van der Waals surface area (Å²) in [6, 6.07) is 14.0. The van der Waals surface area contributed by atoms with Crippen molar-refractivity contribution in [2.45, 2.75) is 18.9 Å². The topological polar surface area (TPSA) is 83.5 Å². The Labute approximate surface area is 117 Å². The molecule has 1 atom stereocenters. The molecule has 20 heavy (non-hydrogen) atoms. The van der Waals surface area contributed by atoms with Gasteiger partial charge in [0, 0.05) is 0 Å². The van der Waals surface area contributed by atoms with Crippen LogP contribution in [0.3, 0.4) is 0 Å². The molecule has 4 heteroatoms. The number of hydrogen-bond donors (Lipinski definition) is 3. The Bertz CT molecular complexity index is 572. The standard InChI is InChI=1S/C9H11NO3.C7H6/c10-8(9(12)13)5-6-1-3-7(11)4-2-6;1-2-4-7-5-6(7)3-1/h1-4,8,11H,5,10H2,(H,12,13);1-4H,5H2/t8-;/m1./s1. The van der Waals surface area contributed by atoms with Crippen LogP contribution in [0, 0.1) is 0 Å². The Morgan fingerprint density at radius 1 is 1.10 bits per heavy atom. The van der Waals surface area contributed by atoms with E-state index in [4.69, 9.17) is 15.9 Å². The van der Waals surface area contributed by atoms with E-state index in [1.807, 2.05) is 0 Å². The Morgan fingerprint density at radius 3 is 2.10 bits per heavy atom. The Balaban J connectivity index is 0.000000173. The van der Waals surface area contributed by atoms with Crippen LogP contribution in [0.25, 0.3) is 0 Å². The van der Waals surface area contributed by atoms with Crippen LogP contribution in [0.15, 0.2) is 48.5 Å². The Hall–Kier alpha value is -2.33. The third-order valence-corrected chi connectivity index (χ3v) is 3.08. The summed E-state index contributed by atoms with van der Waals surface area (Å²) in [5, 5.41) is 17.5. The lowest BCUT2D eigenvalue weighted by atomic mass is 10.1. The molecular formula is C16H17NO3. The lowest BCUT2D eigenvalue weighted by Crippen LogP contribution is -2.32. The van der Waals surface area contributed by atoms with Crippen LogP contribution in [0.4, 0.5) is 0 Å². The first-order valence-corrected chi connectivity index (χ1v) is 6.39. The molecule has 0 amide bonds. The van der Waals surface area contributed by atoms with Crippen molar-refractivity contribution in [3.8, 4) is 5.75 Å². The zero-order valence-electron chi connectivity index (χ0n) is 11.0. The van der Waals surface area contributed by atoms with Gasteiger partial charge >= 0.3 is 5.97 Å². The zero-order valence-corrected chi connectivity index (χ0v) is 11.0. The molecule has 3 rings (SSSR count). The van der Waals surface area contributed by atoms with E-state index in [0.29, 0.717) is 0 Å². The molecule has 0 radical (unpaired) electrons. The average Bonchev–Trinajstić information content (AvgIpc) is 3.21. The van der Waals surface area contributed by atoms with Crippen molar-refractivity contribution in [2.75, 3.05) is 0 Å². The van der Waals surface area contributed by atoms with Gasteiger partial charge in [-0.25, -0.2) is 0 Å². The van der Waals surface area contributed by atoms with E-state index >= 15 is 0 Å². The number of carbonyl (C=O) groups is 1. The first-order chi connectivity index (χ1) is 9.56. The van der Waals surface area contributed by atoms with Crippen molar-refractivity contribution in [3.63, 3.8) is 0 Å². The first kappa shape index (κ1) is 14.1. The molecule has 2 aromatic rings. The van der Waals surface area contributed by atoms with Crippen LogP contribution in [-0.2, 0) is 17.6 Å². The van der Waals surface area contributed by atoms with E-state index < -0.39 is 12.0 Å². The number of nitrogens with two attached hydrogens (primary N) is 1. The smallest absolute Gasteiger partial charge is 0.320 e. The van der Waals surface area contributed by atoms with Crippen molar-refractivity contribution in [2.24, 2.45) is 5.73 Å². The fourth-order valence-corrected chi connectivity index (χ4v) is 1.81. The van der Waals surface area contributed by atoms with Crippen molar-refractivity contribution in [1.82, 2.24) is 0 Å². The van der Waals surface area contributed by atoms with Gasteiger partial charge in [0.05, 0.1) is 0 Å². The van der Waals surface area contributed by atoms with Gasteiger partial charge in [0.2, 0.25) is 0 Å². The summed E-state index contributed by atoms with van der Waals surface area (Å²) in [7, 11) is 0. The molecule has 4 N–H and O–H groups in total. The second-order valence-electron chi connectivity index (χ2n) is 4.76. The number of hydrogen-bond acceptors (Lipinski definition) is 3. The quantitative estimate of drug-likeness (QED) is 0.679. The van der Waals surface area contributed by atoms with Crippen LogP contribution in [0.5, 0.6) is 5.75 Å². The summed E-state index contributed by atoms with van der Waals surface area (Å²) in [4.78, 5) is 10.4. The highest BCUT2D eigenvalue weighted by Gasteiger charge is 2.12. The van der Waals surface area contributed by atoms with Gasteiger partial charge in [-0.15, -0.1) is 0 Å². The van der Waals surface area contributed by atoms with Crippen molar-refractivity contribution < 1.29 is 15.0 Å². The van der Waals surface area contributed by atoms with E-state index in [2.05, 4.69) is 24.3 Å². The number of aliphatic carboxylic acids is 1. The maximum Gasteiger partial charge on any atom is 0.320 e. The number of phenolic OH excluding ortho intramolecular Hbond substituents is 1. The molecular weight excluding hydrogens is 254 g/mol. The fourth-order valence-electron chi connectivity index (χ4n) is 1.81. The van der Waals surface area contributed by atoms with Gasteiger partial charge in [-0.3, -0.25) is 4.79 Å². The highest BCUT2D eigenvalue weighted by molar-refractivity contribution is 5.73. The lowest BCUT2D eigenvalue weighted by Gasteiger charge is -2.05. The molecule has 0 fully saturated rings. The molecule has 0 unspecified atom stereocenters. The van der Waals surface area contributed by atoms with Gasteiger partial charge in [0.25, 0.3) is 0 Å². The Morgan fingerprint density at radius 2 is 1.65 bits per heavy atom. The molecule has 0 saturated heterocycles. The summed E-state index contributed by atoms with van der Waals surface area (Å²) in [6.45, 7) is 0. The van der Waals surface area contributed by atoms with Gasteiger partial charge in [0.1, 0.15) is 11.8 Å². The highest BCUT2D eigenvalue weighted by Crippen LogP contribution is 2.25. The van der Waals surface area contributed by atoms with E-state index in [-0.39, 0.29) is 12.2 Å². The predicted octanol–water partition coefficient (Wildman–Crippen LogP) is 1.94. The molecule has 0 aliphatic heterocycles. The van der Waals surface area contributed by atoms with Gasteiger partial charge in [-0.2, -0.15) is 0 Å². The fraction of sp³-hybridized carbons (Fsp3) is 0.188. The van der Waals surface area contributed by atoms with E-state index in [9.17, 15) is 4.79 Å². The summed E-state index contributed by atoms with van der Waals surface area (Å²) < 4.78 is 0. The van der Waals surface area contributed by atoms with Gasteiger partial charge < -0.3 is 15.9 Å². The van der Waals surface area contributed by atoms with Crippen LogP contribution in [0.2, 0.25) is 0 Å². The monoisotopic (exact) mass is 271 g/mol. The van der Waals surface area contributed by atoms with E-state index in [1.54, 1.807) is 12.1 Å². The number of rotatable bonds is 3. The van der Waals surface area contributed by atoms with Crippen molar-refractivity contribution in [3.05, 3.63) is 65.2 Å². The summed E-state index contributed by atoms with van der Waals surface area (Å²) >= 11 is 0. The van der Waals surface area contributed by atoms with Crippen molar-refractivity contribution >= 4 is 5.97 Å². The number of benzene rings is 2. The van der Waals surface area contributed by atoms with Crippen LogP contribution < -0.4 is 5.73 Å². The van der Waals surface area contributed by atoms with Crippen LogP contribution in [-0.4, -0.2) is 22.2 Å².